The van der Waals surface area contributed by atoms with Gasteiger partial charge >= 0.3 is 6.03 Å². The Morgan fingerprint density at radius 3 is 2.67 bits per heavy atom. The second-order valence-electron chi connectivity index (χ2n) is 5.02. The third-order valence-corrected chi connectivity index (χ3v) is 3.13. The van der Waals surface area contributed by atoms with Gasteiger partial charge in [-0.05, 0) is 42.8 Å². The lowest BCUT2D eigenvalue weighted by atomic mass is 10.1. The molecule has 0 spiro atoms. The highest BCUT2D eigenvalue weighted by atomic mass is 16.2. The standard InChI is InChI=1S/C16H20N4O/c1-12-10-14(20(2)3)7-8-15(12)19-16(21)18-11-13-6-4-5-9-17-13/h4-10H,11H2,1-3H3,(H2,18,19,21). The smallest absolute Gasteiger partial charge is 0.319 e. The Bertz CT molecular complexity index is 611. The predicted molar refractivity (Wildman–Crippen MR) is 85.6 cm³/mol. The predicted octanol–water partition coefficient (Wildman–Crippen LogP) is 2.78. The van der Waals surface area contributed by atoms with E-state index in [0.717, 1.165) is 22.6 Å². The zero-order valence-corrected chi connectivity index (χ0v) is 12.6. The van der Waals surface area contributed by atoms with Gasteiger partial charge in [-0.25, -0.2) is 4.79 Å². The van der Waals surface area contributed by atoms with Gasteiger partial charge in [0.05, 0.1) is 12.2 Å². The third-order valence-electron chi connectivity index (χ3n) is 3.13. The van der Waals surface area contributed by atoms with Gasteiger partial charge in [-0.2, -0.15) is 0 Å². The average molecular weight is 284 g/mol. The van der Waals surface area contributed by atoms with E-state index in [0.29, 0.717) is 6.54 Å². The van der Waals surface area contributed by atoms with Gasteiger partial charge in [-0.3, -0.25) is 4.98 Å². The van der Waals surface area contributed by atoms with Gasteiger partial charge in [-0.15, -0.1) is 0 Å². The van der Waals surface area contributed by atoms with E-state index < -0.39 is 0 Å². The number of aryl methyl sites for hydroxylation is 1. The van der Waals surface area contributed by atoms with E-state index in [9.17, 15) is 4.79 Å². The first-order valence-corrected chi connectivity index (χ1v) is 6.79. The van der Waals surface area contributed by atoms with Crippen molar-refractivity contribution >= 4 is 17.4 Å². The van der Waals surface area contributed by atoms with Crippen LogP contribution in [0, 0.1) is 6.92 Å². The van der Waals surface area contributed by atoms with Gasteiger partial charge in [-0.1, -0.05) is 6.07 Å². The molecule has 2 amide bonds. The molecule has 21 heavy (non-hydrogen) atoms. The number of carbonyl (C=O) groups excluding carboxylic acids is 1. The molecule has 1 heterocycles. The average Bonchev–Trinajstić information content (AvgIpc) is 2.48. The van der Waals surface area contributed by atoms with Gasteiger partial charge in [0.1, 0.15) is 0 Å². The molecule has 2 N–H and O–H groups in total. The highest BCUT2D eigenvalue weighted by Crippen LogP contribution is 2.21. The van der Waals surface area contributed by atoms with E-state index in [1.165, 1.54) is 0 Å². The molecule has 0 aliphatic rings. The molecule has 2 aromatic rings. The maximum Gasteiger partial charge on any atom is 0.319 e. The van der Waals surface area contributed by atoms with Crippen molar-refractivity contribution in [1.82, 2.24) is 10.3 Å². The second-order valence-corrected chi connectivity index (χ2v) is 5.02. The van der Waals surface area contributed by atoms with Crippen molar-refractivity contribution in [2.45, 2.75) is 13.5 Å². The molecule has 5 nitrogen and oxygen atoms in total. The molecule has 2 rings (SSSR count). The number of rotatable bonds is 4. The van der Waals surface area contributed by atoms with Crippen molar-refractivity contribution in [3.63, 3.8) is 0 Å². The molecule has 0 atom stereocenters. The summed E-state index contributed by atoms with van der Waals surface area (Å²) in [5.74, 6) is 0. The zero-order chi connectivity index (χ0) is 15.2. The van der Waals surface area contributed by atoms with Crippen molar-refractivity contribution in [1.29, 1.82) is 0 Å². The van der Waals surface area contributed by atoms with Crippen LogP contribution in [0.4, 0.5) is 16.2 Å². The summed E-state index contributed by atoms with van der Waals surface area (Å²) in [6.45, 7) is 2.38. The number of amides is 2. The Labute approximate surface area is 125 Å². The number of benzene rings is 1. The summed E-state index contributed by atoms with van der Waals surface area (Å²) in [6.07, 6.45) is 1.71. The van der Waals surface area contributed by atoms with Crippen LogP contribution in [0.5, 0.6) is 0 Å². The molecule has 1 aromatic heterocycles. The summed E-state index contributed by atoms with van der Waals surface area (Å²) >= 11 is 0. The van der Waals surface area contributed by atoms with Gasteiger partial charge < -0.3 is 15.5 Å². The number of hydrogen-bond donors (Lipinski definition) is 2. The molecule has 0 bridgehead atoms. The molecular weight excluding hydrogens is 264 g/mol. The molecular formula is C16H20N4O. The summed E-state index contributed by atoms with van der Waals surface area (Å²) in [6, 6.07) is 11.3. The number of carbonyl (C=O) groups is 1. The number of anilines is 2. The minimum absolute atomic E-state index is 0.235. The zero-order valence-electron chi connectivity index (χ0n) is 12.6. The summed E-state index contributed by atoms with van der Waals surface area (Å²) in [5.41, 5.74) is 3.76. The maximum absolute atomic E-state index is 11.9. The van der Waals surface area contributed by atoms with E-state index >= 15 is 0 Å². The summed E-state index contributed by atoms with van der Waals surface area (Å²) in [4.78, 5) is 18.1. The third kappa shape index (κ3) is 4.21. The van der Waals surface area contributed by atoms with Crippen LogP contribution < -0.4 is 15.5 Å². The first-order chi connectivity index (χ1) is 10.1. The van der Waals surface area contributed by atoms with E-state index in [4.69, 9.17) is 0 Å². The van der Waals surface area contributed by atoms with Gasteiger partial charge in [0, 0.05) is 31.7 Å². The van der Waals surface area contributed by atoms with Crippen LogP contribution in [0.25, 0.3) is 0 Å². The number of urea groups is 1. The number of pyridine rings is 1. The topological polar surface area (TPSA) is 57.3 Å². The van der Waals surface area contributed by atoms with E-state index in [1.807, 2.05) is 62.3 Å². The fraction of sp³-hybridized carbons (Fsp3) is 0.250. The van der Waals surface area contributed by atoms with E-state index in [1.54, 1.807) is 6.20 Å². The van der Waals surface area contributed by atoms with Crippen LogP contribution in [-0.4, -0.2) is 25.1 Å². The highest BCUT2D eigenvalue weighted by molar-refractivity contribution is 5.90. The van der Waals surface area contributed by atoms with Crippen molar-refractivity contribution < 1.29 is 4.79 Å². The van der Waals surface area contributed by atoms with Crippen LogP contribution >= 0.6 is 0 Å². The quantitative estimate of drug-likeness (QED) is 0.907. The maximum atomic E-state index is 11.9. The lowest BCUT2D eigenvalue weighted by Gasteiger charge is -2.15. The van der Waals surface area contributed by atoms with E-state index in [2.05, 4.69) is 15.6 Å². The molecule has 0 radical (unpaired) electrons. The number of aromatic nitrogens is 1. The van der Waals surface area contributed by atoms with Crippen LogP contribution in [0.15, 0.2) is 42.6 Å². The Morgan fingerprint density at radius 2 is 2.05 bits per heavy atom. The SMILES string of the molecule is Cc1cc(N(C)C)ccc1NC(=O)NCc1ccccn1. The normalized spacial score (nSPS) is 10.0. The van der Waals surface area contributed by atoms with Crippen LogP contribution in [-0.2, 0) is 6.54 Å². The Hall–Kier alpha value is -2.56. The summed E-state index contributed by atoms with van der Waals surface area (Å²) in [7, 11) is 3.98. The van der Waals surface area contributed by atoms with Crippen LogP contribution in [0.2, 0.25) is 0 Å². The molecule has 110 valence electrons. The Balaban J connectivity index is 1.93. The fourth-order valence-corrected chi connectivity index (χ4v) is 1.91. The van der Waals surface area contributed by atoms with Crippen molar-refractivity contribution in [3.05, 3.63) is 53.9 Å². The second kappa shape index (κ2) is 6.74. The molecule has 0 saturated carbocycles. The molecule has 0 unspecified atom stereocenters. The first-order valence-electron chi connectivity index (χ1n) is 6.79. The molecule has 1 aromatic carbocycles. The van der Waals surface area contributed by atoms with Crippen molar-refractivity contribution in [3.8, 4) is 0 Å². The number of nitrogens with one attached hydrogen (secondary N) is 2. The van der Waals surface area contributed by atoms with Gasteiger partial charge in [0.15, 0.2) is 0 Å². The highest BCUT2D eigenvalue weighted by Gasteiger charge is 2.06. The van der Waals surface area contributed by atoms with Crippen molar-refractivity contribution in [2.75, 3.05) is 24.3 Å². The summed E-state index contributed by atoms with van der Waals surface area (Å²) < 4.78 is 0. The Kier molecular flexibility index (Phi) is 4.77. The minimum Gasteiger partial charge on any atom is -0.378 e. The number of hydrogen-bond acceptors (Lipinski definition) is 3. The lowest BCUT2D eigenvalue weighted by Crippen LogP contribution is -2.28. The minimum atomic E-state index is -0.235. The Morgan fingerprint density at radius 1 is 1.24 bits per heavy atom. The lowest BCUT2D eigenvalue weighted by molar-refractivity contribution is 0.251. The molecule has 0 saturated heterocycles. The van der Waals surface area contributed by atoms with Gasteiger partial charge in [0.25, 0.3) is 0 Å². The van der Waals surface area contributed by atoms with Gasteiger partial charge in [0.2, 0.25) is 0 Å². The molecule has 0 fully saturated rings. The van der Waals surface area contributed by atoms with Crippen LogP contribution in [0.1, 0.15) is 11.3 Å². The number of nitrogens with zero attached hydrogens (tertiary/aromatic N) is 2. The molecule has 0 aliphatic heterocycles. The van der Waals surface area contributed by atoms with E-state index in [-0.39, 0.29) is 6.03 Å². The first kappa shape index (κ1) is 14.8. The molecule has 5 heteroatoms. The largest absolute Gasteiger partial charge is 0.378 e. The van der Waals surface area contributed by atoms with Crippen molar-refractivity contribution in [2.24, 2.45) is 0 Å². The fourth-order valence-electron chi connectivity index (χ4n) is 1.91. The summed E-state index contributed by atoms with van der Waals surface area (Å²) in [5, 5.41) is 5.64. The monoisotopic (exact) mass is 284 g/mol. The van der Waals surface area contributed by atoms with Crippen LogP contribution in [0.3, 0.4) is 0 Å². The molecule has 0 aliphatic carbocycles.